The van der Waals surface area contributed by atoms with Gasteiger partial charge in [0.2, 0.25) is 10.0 Å². The number of anilines is 1. The number of nitrogens with zero attached hydrogens (tertiary/aromatic N) is 2. The highest BCUT2D eigenvalue weighted by Crippen LogP contribution is 2.27. The molecule has 0 bridgehead atoms. The number of aryl methyl sites for hydroxylation is 2. The number of rotatable bonds is 5. The van der Waals surface area contributed by atoms with Crippen molar-refractivity contribution in [2.45, 2.75) is 25.2 Å². The minimum Gasteiger partial charge on any atom is -0.355 e. The Kier molecular flexibility index (Phi) is 5.82. The maximum Gasteiger partial charge on any atom is 0.240 e. The summed E-state index contributed by atoms with van der Waals surface area (Å²) in [4.78, 5) is 6.81. The third kappa shape index (κ3) is 4.31. The van der Waals surface area contributed by atoms with Crippen LogP contribution in [0.15, 0.2) is 52.4 Å². The molecule has 0 aromatic heterocycles. The number of benzene rings is 2. The molecule has 144 valence electrons. The van der Waals surface area contributed by atoms with Crippen molar-refractivity contribution in [1.29, 1.82) is 0 Å². The van der Waals surface area contributed by atoms with E-state index < -0.39 is 10.0 Å². The minimum atomic E-state index is -3.53. The zero-order valence-corrected chi connectivity index (χ0v) is 16.8. The molecule has 2 aromatic rings. The van der Waals surface area contributed by atoms with Gasteiger partial charge in [-0.1, -0.05) is 30.3 Å². The first kappa shape index (κ1) is 19.4. The second kappa shape index (κ2) is 8.10. The summed E-state index contributed by atoms with van der Waals surface area (Å²) >= 11 is 0. The fourth-order valence-electron chi connectivity index (χ4n) is 3.29. The molecule has 7 heteroatoms. The average molecular weight is 387 g/mol. The van der Waals surface area contributed by atoms with Gasteiger partial charge in [-0.3, -0.25) is 4.99 Å². The van der Waals surface area contributed by atoms with E-state index in [0.29, 0.717) is 11.4 Å². The number of guanidine groups is 1. The van der Waals surface area contributed by atoms with Crippen LogP contribution in [0.4, 0.5) is 5.69 Å². The molecule has 2 aromatic carbocycles. The molecule has 0 spiro atoms. The third-order valence-corrected chi connectivity index (χ3v) is 6.29. The molecule has 0 fully saturated rings. The second-order valence-corrected chi connectivity index (χ2v) is 8.41. The molecule has 0 atom stereocenters. The van der Waals surface area contributed by atoms with Crippen molar-refractivity contribution < 1.29 is 8.42 Å². The largest absolute Gasteiger partial charge is 0.355 e. The number of para-hydroxylation sites is 1. The smallest absolute Gasteiger partial charge is 0.240 e. The molecule has 6 nitrogen and oxygen atoms in total. The highest BCUT2D eigenvalue weighted by atomic mass is 32.2. The van der Waals surface area contributed by atoms with Crippen LogP contribution < -0.4 is 14.9 Å². The zero-order valence-electron chi connectivity index (χ0n) is 16.0. The van der Waals surface area contributed by atoms with Gasteiger partial charge in [-0.15, -0.1) is 0 Å². The van der Waals surface area contributed by atoms with E-state index in [4.69, 9.17) is 0 Å². The lowest BCUT2D eigenvalue weighted by Crippen LogP contribution is -2.43. The molecule has 3 rings (SSSR count). The van der Waals surface area contributed by atoms with Crippen molar-refractivity contribution in [2.75, 3.05) is 31.6 Å². The van der Waals surface area contributed by atoms with Crippen molar-refractivity contribution in [3.8, 4) is 0 Å². The van der Waals surface area contributed by atoms with Crippen LogP contribution >= 0.6 is 0 Å². The zero-order chi connectivity index (χ0) is 19.4. The lowest BCUT2D eigenvalue weighted by atomic mass is 10.2. The Bertz CT molecular complexity index is 954. The lowest BCUT2D eigenvalue weighted by Gasteiger charge is -2.22. The average Bonchev–Trinajstić information content (AvgIpc) is 3.08. The lowest BCUT2D eigenvalue weighted by molar-refractivity contribution is 0.580. The van der Waals surface area contributed by atoms with Gasteiger partial charge in [-0.25, -0.2) is 13.1 Å². The summed E-state index contributed by atoms with van der Waals surface area (Å²) in [5.41, 5.74) is 4.12. The number of aliphatic imine (C=N–C) groups is 1. The number of fused-ring (bicyclic) bond motifs is 1. The van der Waals surface area contributed by atoms with E-state index in [-0.39, 0.29) is 6.54 Å². The maximum absolute atomic E-state index is 12.6. The van der Waals surface area contributed by atoms with Crippen molar-refractivity contribution in [1.82, 2.24) is 10.0 Å². The summed E-state index contributed by atoms with van der Waals surface area (Å²) in [6, 6.07) is 13.7. The van der Waals surface area contributed by atoms with E-state index in [9.17, 15) is 8.42 Å². The number of nitrogens with one attached hydrogen (secondary N) is 2. The fourth-order valence-corrected chi connectivity index (χ4v) is 4.65. The first-order chi connectivity index (χ1) is 12.9. The third-order valence-electron chi connectivity index (χ3n) is 4.69. The van der Waals surface area contributed by atoms with Crippen molar-refractivity contribution >= 4 is 21.7 Å². The topological polar surface area (TPSA) is 73.8 Å². The Hall–Kier alpha value is -2.38. The van der Waals surface area contributed by atoms with Crippen LogP contribution in [0.1, 0.15) is 16.7 Å². The van der Waals surface area contributed by atoms with Gasteiger partial charge in [0.1, 0.15) is 0 Å². The van der Waals surface area contributed by atoms with Gasteiger partial charge in [-0.05, 0) is 49.1 Å². The summed E-state index contributed by atoms with van der Waals surface area (Å²) in [6.07, 6.45) is 0.982. The van der Waals surface area contributed by atoms with E-state index >= 15 is 0 Å². The van der Waals surface area contributed by atoms with Gasteiger partial charge in [0, 0.05) is 32.4 Å². The Balaban J connectivity index is 1.59. The molecule has 1 heterocycles. The first-order valence-corrected chi connectivity index (χ1v) is 10.5. The van der Waals surface area contributed by atoms with Crippen LogP contribution in [0.3, 0.4) is 0 Å². The van der Waals surface area contributed by atoms with Crippen LogP contribution in [0.25, 0.3) is 0 Å². The summed E-state index contributed by atoms with van der Waals surface area (Å²) < 4.78 is 27.8. The standard InChI is InChI=1S/C20H26N4O2S/c1-15-8-9-16(2)19(14-15)27(25,26)23-12-11-22-20(21-3)24-13-10-17-6-4-5-7-18(17)24/h4-9,14,23H,10-13H2,1-3H3,(H,21,22). The summed E-state index contributed by atoms with van der Waals surface area (Å²) in [6.45, 7) is 5.30. The van der Waals surface area contributed by atoms with E-state index in [0.717, 1.165) is 35.7 Å². The predicted octanol–water partition coefficient (Wildman–Crippen LogP) is 2.22. The van der Waals surface area contributed by atoms with Crippen LogP contribution in [0.5, 0.6) is 0 Å². The van der Waals surface area contributed by atoms with Crippen molar-refractivity contribution in [3.63, 3.8) is 0 Å². The highest BCUT2D eigenvalue weighted by Gasteiger charge is 2.22. The molecule has 0 radical (unpaired) electrons. The van der Waals surface area contributed by atoms with Crippen molar-refractivity contribution in [2.24, 2.45) is 4.99 Å². The Morgan fingerprint density at radius 3 is 2.70 bits per heavy atom. The molecule has 1 aliphatic heterocycles. The van der Waals surface area contributed by atoms with Crippen LogP contribution in [-0.4, -0.2) is 41.1 Å². The molecule has 27 heavy (non-hydrogen) atoms. The van der Waals surface area contributed by atoms with Crippen LogP contribution in [0, 0.1) is 13.8 Å². The van der Waals surface area contributed by atoms with Gasteiger partial charge >= 0.3 is 0 Å². The first-order valence-electron chi connectivity index (χ1n) is 9.05. The monoisotopic (exact) mass is 386 g/mol. The van der Waals surface area contributed by atoms with E-state index in [1.165, 1.54) is 5.56 Å². The van der Waals surface area contributed by atoms with Gasteiger partial charge in [0.15, 0.2) is 5.96 Å². The quantitative estimate of drug-likeness (QED) is 0.469. The molecule has 2 N–H and O–H groups in total. The maximum atomic E-state index is 12.6. The number of hydrogen-bond donors (Lipinski definition) is 2. The fraction of sp³-hybridized carbons (Fsp3) is 0.350. The van der Waals surface area contributed by atoms with Gasteiger partial charge in [0.05, 0.1) is 4.90 Å². The summed E-state index contributed by atoms with van der Waals surface area (Å²) in [5, 5.41) is 3.25. The van der Waals surface area contributed by atoms with Crippen LogP contribution in [-0.2, 0) is 16.4 Å². The summed E-state index contributed by atoms with van der Waals surface area (Å²) in [7, 11) is -1.79. The molecule has 0 saturated carbocycles. The van der Waals surface area contributed by atoms with Gasteiger partial charge in [-0.2, -0.15) is 0 Å². The molecular formula is C20H26N4O2S. The highest BCUT2D eigenvalue weighted by molar-refractivity contribution is 7.89. The number of hydrogen-bond acceptors (Lipinski definition) is 3. The molecule has 0 amide bonds. The normalized spacial score (nSPS) is 14.3. The van der Waals surface area contributed by atoms with Gasteiger partial charge < -0.3 is 10.2 Å². The van der Waals surface area contributed by atoms with Crippen LogP contribution in [0.2, 0.25) is 0 Å². The van der Waals surface area contributed by atoms with E-state index in [1.54, 1.807) is 20.0 Å². The van der Waals surface area contributed by atoms with E-state index in [2.05, 4.69) is 32.1 Å². The van der Waals surface area contributed by atoms with Gasteiger partial charge in [0.25, 0.3) is 0 Å². The SMILES string of the molecule is CN=C(NCCNS(=O)(=O)c1cc(C)ccc1C)N1CCc2ccccc21. The summed E-state index contributed by atoms with van der Waals surface area (Å²) in [5.74, 6) is 0.755. The Morgan fingerprint density at radius 1 is 1.15 bits per heavy atom. The molecule has 1 aliphatic rings. The predicted molar refractivity (Wildman–Crippen MR) is 110 cm³/mol. The Labute approximate surface area is 161 Å². The molecule has 0 saturated heterocycles. The molecular weight excluding hydrogens is 360 g/mol. The van der Waals surface area contributed by atoms with Crippen molar-refractivity contribution in [3.05, 3.63) is 59.2 Å². The number of sulfonamides is 1. The van der Waals surface area contributed by atoms with E-state index in [1.807, 2.05) is 31.2 Å². The molecule has 0 unspecified atom stereocenters. The Morgan fingerprint density at radius 2 is 1.93 bits per heavy atom. The minimum absolute atomic E-state index is 0.282. The second-order valence-electron chi connectivity index (χ2n) is 6.67. The molecule has 0 aliphatic carbocycles.